The lowest BCUT2D eigenvalue weighted by Crippen LogP contribution is -2.27. The molecule has 6 heteroatoms. The number of hydrogen-bond donors (Lipinski definition) is 1. The first kappa shape index (κ1) is 14.0. The van der Waals surface area contributed by atoms with Crippen LogP contribution in [0.2, 0.25) is 0 Å². The number of carbonyl (C=O) groups is 1. The van der Waals surface area contributed by atoms with Crippen LogP contribution >= 0.6 is 0 Å². The Morgan fingerprint density at radius 2 is 2.11 bits per heavy atom. The third-order valence-electron chi connectivity index (χ3n) is 2.66. The Balaban J connectivity index is 2.54. The van der Waals surface area contributed by atoms with Crippen LogP contribution in [0.25, 0.3) is 0 Å². The van der Waals surface area contributed by atoms with Crippen molar-refractivity contribution in [2.45, 2.75) is 13.3 Å². The van der Waals surface area contributed by atoms with Gasteiger partial charge in [-0.1, -0.05) is 12.1 Å². The summed E-state index contributed by atoms with van der Waals surface area (Å²) in [5.74, 6) is 0.0172. The molecule has 0 fully saturated rings. The van der Waals surface area contributed by atoms with Crippen molar-refractivity contribution in [2.24, 2.45) is 0 Å². The Morgan fingerprint density at radius 3 is 2.72 bits per heavy atom. The van der Waals surface area contributed by atoms with Crippen molar-refractivity contribution < 1.29 is 9.72 Å². The standard InChI is InChI=1S/C12H17N3O3/c1-3-14(2)12(16)8-9-13-10-6-4-5-7-11(10)15(17)18/h4-7,13H,3,8-9H2,1-2H3. The molecule has 0 saturated heterocycles. The maximum absolute atomic E-state index is 11.5. The fraction of sp³-hybridized carbons (Fsp3) is 0.417. The second kappa shape index (κ2) is 6.58. The number of nitro groups is 1. The van der Waals surface area contributed by atoms with E-state index in [4.69, 9.17) is 0 Å². The number of carbonyl (C=O) groups excluding carboxylic acids is 1. The first-order valence-corrected chi connectivity index (χ1v) is 5.77. The molecule has 1 aromatic carbocycles. The minimum Gasteiger partial charge on any atom is -0.379 e. The molecular formula is C12H17N3O3. The predicted molar refractivity (Wildman–Crippen MR) is 69.5 cm³/mol. The molecular weight excluding hydrogens is 234 g/mol. The van der Waals surface area contributed by atoms with Crippen molar-refractivity contribution in [1.29, 1.82) is 0 Å². The van der Waals surface area contributed by atoms with E-state index in [1.54, 1.807) is 30.1 Å². The largest absolute Gasteiger partial charge is 0.379 e. The molecule has 0 atom stereocenters. The molecule has 98 valence electrons. The van der Waals surface area contributed by atoms with E-state index in [1.165, 1.54) is 6.07 Å². The number of rotatable bonds is 6. The van der Waals surface area contributed by atoms with Crippen LogP contribution in [0, 0.1) is 10.1 Å². The summed E-state index contributed by atoms with van der Waals surface area (Å²) in [6.45, 7) is 2.94. The number of nitro benzene ring substituents is 1. The van der Waals surface area contributed by atoms with Crippen LogP contribution in [0.5, 0.6) is 0 Å². The minimum absolute atomic E-state index is 0.0172. The minimum atomic E-state index is -0.442. The molecule has 0 aliphatic rings. The lowest BCUT2D eigenvalue weighted by atomic mass is 10.2. The fourth-order valence-electron chi connectivity index (χ4n) is 1.45. The van der Waals surface area contributed by atoms with E-state index in [0.717, 1.165) is 0 Å². The molecule has 0 bridgehead atoms. The Kier molecular flexibility index (Phi) is 5.10. The van der Waals surface area contributed by atoms with Gasteiger partial charge in [-0.2, -0.15) is 0 Å². The Hall–Kier alpha value is -2.11. The van der Waals surface area contributed by atoms with Gasteiger partial charge in [0.05, 0.1) is 4.92 Å². The highest BCUT2D eigenvalue weighted by molar-refractivity contribution is 5.76. The van der Waals surface area contributed by atoms with Crippen molar-refractivity contribution >= 4 is 17.3 Å². The first-order chi connectivity index (χ1) is 8.56. The number of benzene rings is 1. The van der Waals surface area contributed by atoms with Gasteiger partial charge in [-0.25, -0.2) is 0 Å². The SMILES string of the molecule is CCN(C)C(=O)CCNc1ccccc1[N+](=O)[O-]. The monoisotopic (exact) mass is 251 g/mol. The molecule has 18 heavy (non-hydrogen) atoms. The van der Waals surface area contributed by atoms with E-state index in [-0.39, 0.29) is 11.6 Å². The molecule has 6 nitrogen and oxygen atoms in total. The van der Waals surface area contributed by atoms with E-state index >= 15 is 0 Å². The summed E-state index contributed by atoms with van der Waals surface area (Å²) in [5.41, 5.74) is 0.461. The smallest absolute Gasteiger partial charge is 0.292 e. The quantitative estimate of drug-likeness (QED) is 0.618. The zero-order valence-corrected chi connectivity index (χ0v) is 10.5. The third-order valence-corrected chi connectivity index (χ3v) is 2.66. The molecule has 0 aliphatic heterocycles. The number of hydrogen-bond acceptors (Lipinski definition) is 4. The van der Waals surface area contributed by atoms with Crippen molar-refractivity contribution in [1.82, 2.24) is 4.90 Å². The van der Waals surface area contributed by atoms with Gasteiger partial charge in [0.25, 0.3) is 5.69 Å². The van der Waals surface area contributed by atoms with E-state index in [1.807, 2.05) is 6.92 Å². The van der Waals surface area contributed by atoms with E-state index < -0.39 is 4.92 Å². The van der Waals surface area contributed by atoms with Crippen molar-refractivity contribution in [3.63, 3.8) is 0 Å². The molecule has 0 aromatic heterocycles. The van der Waals surface area contributed by atoms with E-state index in [2.05, 4.69) is 5.32 Å². The summed E-state index contributed by atoms with van der Waals surface area (Å²) >= 11 is 0. The van der Waals surface area contributed by atoms with E-state index in [9.17, 15) is 14.9 Å². The zero-order valence-electron chi connectivity index (χ0n) is 10.5. The Labute approximate surface area is 106 Å². The van der Waals surface area contributed by atoms with Gasteiger partial charge in [-0.3, -0.25) is 14.9 Å². The van der Waals surface area contributed by atoms with Gasteiger partial charge >= 0.3 is 0 Å². The topological polar surface area (TPSA) is 75.5 Å². The predicted octanol–water partition coefficient (Wildman–Crippen LogP) is 1.88. The van der Waals surface area contributed by atoms with Gasteiger partial charge in [0, 0.05) is 32.6 Å². The fourth-order valence-corrected chi connectivity index (χ4v) is 1.45. The van der Waals surface area contributed by atoms with Crippen molar-refractivity contribution in [2.75, 3.05) is 25.5 Å². The summed E-state index contributed by atoms with van der Waals surface area (Å²) in [7, 11) is 1.73. The molecule has 1 rings (SSSR count). The first-order valence-electron chi connectivity index (χ1n) is 5.77. The number of anilines is 1. The summed E-state index contributed by atoms with van der Waals surface area (Å²) < 4.78 is 0. The number of para-hydroxylation sites is 2. The molecule has 0 heterocycles. The van der Waals surface area contributed by atoms with Gasteiger partial charge in [-0.15, -0.1) is 0 Å². The third kappa shape index (κ3) is 3.73. The molecule has 1 N–H and O–H groups in total. The van der Waals surface area contributed by atoms with Crippen LogP contribution in [0.15, 0.2) is 24.3 Å². The van der Waals surface area contributed by atoms with Crippen LogP contribution in [0.1, 0.15) is 13.3 Å². The molecule has 0 aliphatic carbocycles. The highest BCUT2D eigenvalue weighted by atomic mass is 16.6. The van der Waals surface area contributed by atoms with Crippen LogP contribution in [-0.2, 0) is 4.79 Å². The van der Waals surface area contributed by atoms with E-state index in [0.29, 0.717) is 25.2 Å². The molecule has 0 spiro atoms. The van der Waals surface area contributed by atoms with Gasteiger partial charge in [-0.05, 0) is 13.0 Å². The second-order valence-electron chi connectivity index (χ2n) is 3.86. The van der Waals surface area contributed by atoms with Crippen molar-refractivity contribution in [3.05, 3.63) is 34.4 Å². The zero-order chi connectivity index (χ0) is 13.5. The molecule has 1 amide bonds. The Bertz CT molecular complexity index is 434. The van der Waals surface area contributed by atoms with Crippen LogP contribution in [-0.4, -0.2) is 35.9 Å². The number of nitrogens with zero attached hydrogens (tertiary/aromatic N) is 2. The van der Waals surface area contributed by atoms with Crippen molar-refractivity contribution in [3.8, 4) is 0 Å². The van der Waals surface area contributed by atoms with Gasteiger partial charge in [0.15, 0.2) is 0 Å². The average molecular weight is 251 g/mol. The normalized spacial score (nSPS) is 9.89. The molecule has 0 saturated carbocycles. The maximum atomic E-state index is 11.5. The summed E-state index contributed by atoms with van der Waals surface area (Å²) in [6, 6.07) is 6.39. The highest BCUT2D eigenvalue weighted by Crippen LogP contribution is 2.22. The van der Waals surface area contributed by atoms with Crippen LogP contribution in [0.4, 0.5) is 11.4 Å². The van der Waals surface area contributed by atoms with Gasteiger partial charge < -0.3 is 10.2 Å². The lowest BCUT2D eigenvalue weighted by molar-refractivity contribution is -0.384. The molecule has 0 unspecified atom stereocenters. The highest BCUT2D eigenvalue weighted by Gasteiger charge is 2.12. The average Bonchev–Trinajstić information content (AvgIpc) is 2.38. The second-order valence-corrected chi connectivity index (χ2v) is 3.86. The summed E-state index contributed by atoms with van der Waals surface area (Å²) in [4.78, 5) is 23.5. The number of amides is 1. The van der Waals surface area contributed by atoms with Crippen LogP contribution in [0.3, 0.4) is 0 Å². The van der Waals surface area contributed by atoms with Crippen LogP contribution < -0.4 is 5.32 Å². The Morgan fingerprint density at radius 1 is 1.44 bits per heavy atom. The maximum Gasteiger partial charge on any atom is 0.292 e. The summed E-state index contributed by atoms with van der Waals surface area (Å²) in [5, 5.41) is 13.7. The molecule has 1 aromatic rings. The van der Waals surface area contributed by atoms with Gasteiger partial charge in [0.2, 0.25) is 5.91 Å². The summed E-state index contributed by atoms with van der Waals surface area (Å²) in [6.07, 6.45) is 0.316. The number of nitrogens with one attached hydrogen (secondary N) is 1. The molecule has 0 radical (unpaired) electrons. The van der Waals surface area contributed by atoms with Gasteiger partial charge in [0.1, 0.15) is 5.69 Å². The lowest BCUT2D eigenvalue weighted by Gasteiger charge is -2.14.